The minimum absolute atomic E-state index is 0.0281. The van der Waals surface area contributed by atoms with E-state index in [9.17, 15) is 4.79 Å². The lowest BCUT2D eigenvalue weighted by Crippen LogP contribution is -2.33. The number of nitrogens with zero attached hydrogens (tertiary/aromatic N) is 3. The normalized spacial score (nSPS) is 12.6. The van der Waals surface area contributed by atoms with E-state index < -0.39 is 0 Å². The molecule has 1 unspecified atom stereocenters. The molecule has 0 aliphatic heterocycles. The summed E-state index contributed by atoms with van der Waals surface area (Å²) >= 11 is 3.64. The molecule has 4 nitrogen and oxygen atoms in total. The van der Waals surface area contributed by atoms with Crippen LogP contribution in [0.1, 0.15) is 49.6 Å². The molecule has 1 aromatic heterocycles. The van der Waals surface area contributed by atoms with Crippen LogP contribution in [0, 0.1) is 6.92 Å². The highest BCUT2D eigenvalue weighted by molar-refractivity contribution is 9.09. The van der Waals surface area contributed by atoms with E-state index in [1.54, 1.807) is 4.57 Å². The van der Waals surface area contributed by atoms with Crippen LogP contribution in [0.15, 0.2) is 16.9 Å². The van der Waals surface area contributed by atoms with E-state index in [4.69, 9.17) is 4.98 Å². The molecule has 0 aliphatic carbocycles. The van der Waals surface area contributed by atoms with Gasteiger partial charge in [-0.2, -0.15) is 0 Å². The van der Waals surface area contributed by atoms with Gasteiger partial charge in [-0.15, -0.1) is 0 Å². The Morgan fingerprint density at radius 1 is 1.26 bits per heavy atom. The Kier molecular flexibility index (Phi) is 5.84. The maximum absolute atomic E-state index is 12.9. The zero-order valence-electron chi connectivity index (χ0n) is 14.7. The quantitative estimate of drug-likeness (QED) is 0.701. The monoisotopic (exact) mass is 379 g/mol. The number of aryl methyl sites for hydroxylation is 1. The maximum Gasteiger partial charge on any atom is 0.262 e. The van der Waals surface area contributed by atoms with Crippen LogP contribution in [0.2, 0.25) is 0 Å². The van der Waals surface area contributed by atoms with Gasteiger partial charge in [0.05, 0.1) is 10.9 Å². The van der Waals surface area contributed by atoms with Crippen molar-refractivity contribution in [1.82, 2.24) is 9.55 Å². The van der Waals surface area contributed by atoms with Gasteiger partial charge in [0, 0.05) is 25.0 Å². The largest absolute Gasteiger partial charge is 0.342 e. The molecular formula is C18H26BrN3O. The van der Waals surface area contributed by atoms with Gasteiger partial charge in [0.1, 0.15) is 0 Å². The van der Waals surface area contributed by atoms with Crippen LogP contribution >= 0.6 is 15.9 Å². The Labute approximate surface area is 146 Å². The minimum Gasteiger partial charge on any atom is -0.342 e. The molecule has 0 saturated carbocycles. The van der Waals surface area contributed by atoms with E-state index in [0.717, 1.165) is 48.5 Å². The lowest BCUT2D eigenvalue weighted by molar-refractivity contribution is 0.685. The molecule has 1 atom stereocenters. The van der Waals surface area contributed by atoms with Gasteiger partial charge in [-0.25, -0.2) is 4.98 Å². The molecule has 23 heavy (non-hydrogen) atoms. The average molecular weight is 380 g/mol. The number of rotatable bonds is 6. The summed E-state index contributed by atoms with van der Waals surface area (Å²) in [5.41, 5.74) is 3.01. The summed E-state index contributed by atoms with van der Waals surface area (Å²) in [6.45, 7) is 10.2. The SMILES string of the molecule is CCCN(CCC)c1nc2c(C(C)Br)cc(C)cc2c(=O)n1C. The molecule has 5 heteroatoms. The van der Waals surface area contributed by atoms with E-state index in [1.807, 2.05) is 20.0 Å². The van der Waals surface area contributed by atoms with Crippen LogP contribution in [0.3, 0.4) is 0 Å². The zero-order valence-corrected chi connectivity index (χ0v) is 16.3. The predicted molar refractivity (Wildman–Crippen MR) is 102 cm³/mol. The lowest BCUT2D eigenvalue weighted by atomic mass is 10.0. The standard InChI is InChI=1S/C18H26BrN3O/c1-6-8-22(9-7-2)18-20-16-14(13(4)19)10-12(3)11-15(16)17(23)21(18)5/h10-11,13H,6-9H2,1-5H3. The number of anilines is 1. The maximum atomic E-state index is 12.9. The first-order valence-corrected chi connectivity index (χ1v) is 9.22. The van der Waals surface area contributed by atoms with Gasteiger partial charge in [0.25, 0.3) is 5.56 Å². The van der Waals surface area contributed by atoms with Gasteiger partial charge in [0.2, 0.25) is 5.95 Å². The van der Waals surface area contributed by atoms with Crippen molar-refractivity contribution in [2.24, 2.45) is 7.05 Å². The highest BCUT2D eigenvalue weighted by Crippen LogP contribution is 2.29. The molecule has 0 N–H and O–H groups in total. The Hall–Kier alpha value is -1.36. The fourth-order valence-corrected chi connectivity index (χ4v) is 3.33. The van der Waals surface area contributed by atoms with E-state index in [0.29, 0.717) is 5.39 Å². The van der Waals surface area contributed by atoms with Crippen LogP contribution in [0.4, 0.5) is 5.95 Å². The third kappa shape index (κ3) is 3.60. The van der Waals surface area contributed by atoms with Crippen molar-refractivity contribution in [3.8, 4) is 0 Å². The van der Waals surface area contributed by atoms with Crippen molar-refractivity contribution in [1.29, 1.82) is 0 Å². The molecule has 0 saturated heterocycles. The highest BCUT2D eigenvalue weighted by Gasteiger charge is 2.17. The first-order chi connectivity index (χ1) is 10.9. The van der Waals surface area contributed by atoms with Gasteiger partial charge in [-0.05, 0) is 43.9 Å². The van der Waals surface area contributed by atoms with Crippen molar-refractivity contribution in [2.75, 3.05) is 18.0 Å². The van der Waals surface area contributed by atoms with Gasteiger partial charge in [0.15, 0.2) is 0 Å². The summed E-state index contributed by atoms with van der Waals surface area (Å²) in [6, 6.07) is 4.05. The number of fused-ring (bicyclic) bond motifs is 1. The molecule has 0 spiro atoms. The molecular weight excluding hydrogens is 354 g/mol. The third-order valence-corrected chi connectivity index (χ3v) is 4.52. The minimum atomic E-state index is 0.0281. The molecule has 0 aliphatic rings. The van der Waals surface area contributed by atoms with E-state index in [1.165, 1.54) is 0 Å². The van der Waals surface area contributed by atoms with E-state index >= 15 is 0 Å². The second kappa shape index (κ2) is 7.47. The molecule has 2 rings (SSSR count). The van der Waals surface area contributed by atoms with Crippen molar-refractivity contribution < 1.29 is 0 Å². The molecule has 1 aromatic carbocycles. The lowest BCUT2D eigenvalue weighted by Gasteiger charge is -2.25. The van der Waals surface area contributed by atoms with E-state index in [-0.39, 0.29) is 10.4 Å². The summed E-state index contributed by atoms with van der Waals surface area (Å²) in [6.07, 6.45) is 2.06. The Morgan fingerprint density at radius 3 is 2.39 bits per heavy atom. The van der Waals surface area contributed by atoms with Crippen LogP contribution in [0.5, 0.6) is 0 Å². The van der Waals surface area contributed by atoms with Crippen LogP contribution in [-0.2, 0) is 7.05 Å². The smallest absolute Gasteiger partial charge is 0.262 e. The second-order valence-corrected chi connectivity index (χ2v) is 7.50. The Bertz CT molecular complexity index is 746. The number of hydrogen-bond donors (Lipinski definition) is 0. The molecule has 0 amide bonds. The van der Waals surface area contributed by atoms with Gasteiger partial charge in [-0.3, -0.25) is 9.36 Å². The first kappa shape index (κ1) is 18.0. The molecule has 126 valence electrons. The summed E-state index contributed by atoms with van der Waals surface area (Å²) < 4.78 is 1.69. The fraction of sp³-hybridized carbons (Fsp3) is 0.556. The summed E-state index contributed by atoms with van der Waals surface area (Å²) in [5.74, 6) is 0.768. The number of halogens is 1. The highest BCUT2D eigenvalue weighted by atomic mass is 79.9. The topological polar surface area (TPSA) is 38.1 Å². The summed E-state index contributed by atoms with van der Waals surface area (Å²) in [5, 5.41) is 0.700. The molecule has 0 fully saturated rings. The van der Waals surface area contributed by atoms with Gasteiger partial charge < -0.3 is 4.90 Å². The predicted octanol–water partition coefficient (Wildman–Crippen LogP) is 4.32. The summed E-state index contributed by atoms with van der Waals surface area (Å²) in [4.78, 5) is 20.1. The number of aromatic nitrogens is 2. The Balaban J connectivity index is 2.77. The van der Waals surface area contributed by atoms with Crippen molar-refractivity contribution in [2.45, 2.75) is 45.4 Å². The van der Waals surface area contributed by atoms with Crippen molar-refractivity contribution >= 4 is 32.8 Å². The van der Waals surface area contributed by atoms with Crippen LogP contribution in [-0.4, -0.2) is 22.6 Å². The average Bonchev–Trinajstić information content (AvgIpc) is 2.50. The van der Waals surface area contributed by atoms with Crippen LogP contribution < -0.4 is 10.5 Å². The molecule has 2 aromatic rings. The number of alkyl halides is 1. The van der Waals surface area contributed by atoms with Crippen LogP contribution in [0.25, 0.3) is 10.9 Å². The molecule has 0 radical (unpaired) electrons. The second-order valence-electron chi connectivity index (χ2n) is 6.13. The van der Waals surface area contributed by atoms with Crippen molar-refractivity contribution in [3.63, 3.8) is 0 Å². The fourth-order valence-electron chi connectivity index (χ4n) is 2.98. The molecule has 0 bridgehead atoms. The van der Waals surface area contributed by atoms with Gasteiger partial charge in [-0.1, -0.05) is 35.8 Å². The van der Waals surface area contributed by atoms with Gasteiger partial charge >= 0.3 is 0 Å². The summed E-state index contributed by atoms with van der Waals surface area (Å²) in [7, 11) is 1.82. The zero-order chi connectivity index (χ0) is 17.1. The number of hydrogen-bond acceptors (Lipinski definition) is 3. The number of benzene rings is 1. The van der Waals surface area contributed by atoms with Crippen molar-refractivity contribution in [3.05, 3.63) is 33.6 Å². The van der Waals surface area contributed by atoms with E-state index in [2.05, 4.69) is 47.7 Å². The third-order valence-electron chi connectivity index (χ3n) is 4.03. The molecule has 1 heterocycles. The first-order valence-electron chi connectivity index (χ1n) is 8.30. The Morgan fingerprint density at radius 2 is 1.87 bits per heavy atom.